The van der Waals surface area contributed by atoms with E-state index < -0.39 is 0 Å². The third-order valence-corrected chi connectivity index (χ3v) is 6.42. The summed E-state index contributed by atoms with van der Waals surface area (Å²) in [6, 6.07) is 11.8. The minimum Gasteiger partial charge on any atom is -0.484 e. The Morgan fingerprint density at radius 2 is 1.94 bits per heavy atom. The molecule has 2 aromatic carbocycles. The fourth-order valence-electron chi connectivity index (χ4n) is 3.42. The van der Waals surface area contributed by atoms with Gasteiger partial charge < -0.3 is 10.1 Å². The fraction of sp³-hybridized carbons (Fsp3) is 0.320. The molecular weight excluding hydrogens is 456 g/mol. The number of ether oxygens (including phenoxy) is 1. The molecule has 0 saturated heterocycles. The molecule has 1 N–H and O–H groups in total. The average Bonchev–Trinajstić information content (AvgIpc) is 3.20. The molecule has 0 fully saturated rings. The van der Waals surface area contributed by atoms with E-state index in [4.69, 9.17) is 16.3 Å². The van der Waals surface area contributed by atoms with Gasteiger partial charge in [-0.1, -0.05) is 67.6 Å². The van der Waals surface area contributed by atoms with Crippen LogP contribution in [0.5, 0.6) is 5.75 Å². The number of hydrogen-bond acceptors (Lipinski definition) is 5. The predicted octanol–water partition coefficient (Wildman–Crippen LogP) is 5.86. The first-order chi connectivity index (χ1) is 16.0. The second kappa shape index (κ2) is 11.9. The van der Waals surface area contributed by atoms with Gasteiger partial charge in [-0.2, -0.15) is 0 Å². The van der Waals surface area contributed by atoms with E-state index in [1.165, 1.54) is 11.8 Å². The maximum atomic E-state index is 12.7. The number of para-hydroxylation sites is 1. The zero-order valence-corrected chi connectivity index (χ0v) is 20.8. The number of nitrogens with one attached hydrogen (secondary N) is 1. The predicted molar refractivity (Wildman–Crippen MR) is 135 cm³/mol. The molecule has 33 heavy (non-hydrogen) atoms. The molecule has 3 aromatic rings. The number of aromatic nitrogens is 3. The summed E-state index contributed by atoms with van der Waals surface area (Å²) < 4.78 is 7.78. The van der Waals surface area contributed by atoms with Crippen molar-refractivity contribution in [1.29, 1.82) is 0 Å². The minimum absolute atomic E-state index is 0.0758. The Hall–Kier alpha value is -2.77. The average molecular weight is 485 g/mol. The zero-order chi connectivity index (χ0) is 23.8. The first-order valence-corrected chi connectivity index (χ1v) is 12.3. The number of hydrogen-bond donors (Lipinski definition) is 1. The number of nitrogens with zero attached hydrogens (tertiary/aromatic N) is 3. The summed E-state index contributed by atoms with van der Waals surface area (Å²) in [6.45, 7) is 10.7. The van der Waals surface area contributed by atoms with Gasteiger partial charge in [-0.15, -0.1) is 16.8 Å². The molecule has 0 aliphatic rings. The van der Waals surface area contributed by atoms with Crippen molar-refractivity contribution in [2.24, 2.45) is 0 Å². The number of carbonyl (C=O) groups is 1. The van der Waals surface area contributed by atoms with Crippen LogP contribution in [0.15, 0.2) is 54.2 Å². The van der Waals surface area contributed by atoms with E-state index in [9.17, 15) is 4.79 Å². The lowest BCUT2D eigenvalue weighted by atomic mass is 10.0. The molecule has 0 bridgehead atoms. The highest BCUT2D eigenvalue weighted by molar-refractivity contribution is 7.99. The molecule has 0 aliphatic carbocycles. The van der Waals surface area contributed by atoms with Gasteiger partial charge in [0.25, 0.3) is 0 Å². The van der Waals surface area contributed by atoms with E-state index in [0.717, 1.165) is 35.2 Å². The Bertz CT molecular complexity index is 1110. The Kier molecular flexibility index (Phi) is 8.97. The first kappa shape index (κ1) is 24.9. The first-order valence-electron chi connectivity index (χ1n) is 10.9. The number of thioether (sulfide) groups is 1. The number of amides is 1. The van der Waals surface area contributed by atoms with Gasteiger partial charge in [0.05, 0.1) is 10.8 Å². The van der Waals surface area contributed by atoms with E-state index in [0.29, 0.717) is 28.3 Å². The molecule has 0 unspecified atom stereocenters. The number of benzene rings is 2. The summed E-state index contributed by atoms with van der Waals surface area (Å²) >= 11 is 7.57. The molecule has 1 aromatic heterocycles. The van der Waals surface area contributed by atoms with Crippen LogP contribution in [-0.4, -0.2) is 26.4 Å². The molecular formula is C25H29ClN4O2S. The van der Waals surface area contributed by atoms with Gasteiger partial charge in [-0.3, -0.25) is 9.36 Å². The molecule has 3 rings (SSSR count). The standard InChI is InChI=1S/C25H29ClN4O2S/c1-5-13-30-22(15-32-21-14-17(4)11-12-20(21)26)28-29-25(30)33-16-23(31)27-24-18(6-2)9-8-10-19(24)7-3/h5,8-12,14H,1,6-7,13,15-16H2,2-4H3,(H,27,31). The largest absolute Gasteiger partial charge is 0.484 e. The third kappa shape index (κ3) is 6.39. The minimum atomic E-state index is -0.0758. The number of allylic oxidation sites excluding steroid dienone is 1. The molecule has 1 heterocycles. The van der Waals surface area contributed by atoms with E-state index in [1.54, 1.807) is 12.1 Å². The van der Waals surface area contributed by atoms with Gasteiger partial charge >= 0.3 is 0 Å². The van der Waals surface area contributed by atoms with Crippen molar-refractivity contribution in [2.45, 2.75) is 51.9 Å². The van der Waals surface area contributed by atoms with Crippen molar-refractivity contribution in [1.82, 2.24) is 14.8 Å². The third-order valence-electron chi connectivity index (χ3n) is 5.14. The van der Waals surface area contributed by atoms with E-state index in [2.05, 4.69) is 48.1 Å². The van der Waals surface area contributed by atoms with Crippen LogP contribution in [0.3, 0.4) is 0 Å². The maximum absolute atomic E-state index is 12.7. The van der Waals surface area contributed by atoms with Crippen LogP contribution in [0.2, 0.25) is 5.02 Å². The highest BCUT2D eigenvalue weighted by Crippen LogP contribution is 2.27. The smallest absolute Gasteiger partial charge is 0.234 e. The van der Waals surface area contributed by atoms with Crippen molar-refractivity contribution >= 4 is 35.0 Å². The van der Waals surface area contributed by atoms with Crippen molar-refractivity contribution in [3.05, 3.63) is 76.6 Å². The lowest BCUT2D eigenvalue weighted by molar-refractivity contribution is -0.113. The Labute approximate surface area is 204 Å². The lowest BCUT2D eigenvalue weighted by Gasteiger charge is -2.14. The van der Waals surface area contributed by atoms with Gasteiger partial charge in [0.1, 0.15) is 12.4 Å². The van der Waals surface area contributed by atoms with Gasteiger partial charge in [0, 0.05) is 12.2 Å². The zero-order valence-electron chi connectivity index (χ0n) is 19.2. The van der Waals surface area contributed by atoms with Gasteiger partial charge in [0.2, 0.25) is 5.91 Å². The molecule has 1 amide bonds. The molecule has 174 valence electrons. The van der Waals surface area contributed by atoms with Crippen LogP contribution in [0.25, 0.3) is 0 Å². The van der Waals surface area contributed by atoms with Crippen molar-refractivity contribution < 1.29 is 9.53 Å². The summed E-state index contributed by atoms with van der Waals surface area (Å²) in [7, 11) is 0. The summed E-state index contributed by atoms with van der Waals surface area (Å²) in [4.78, 5) is 12.7. The molecule has 0 saturated carbocycles. The summed E-state index contributed by atoms with van der Waals surface area (Å²) in [5.74, 6) is 1.38. The number of rotatable bonds is 11. The number of halogens is 1. The Balaban J connectivity index is 1.68. The summed E-state index contributed by atoms with van der Waals surface area (Å²) in [5, 5.41) is 12.8. The molecule has 0 spiro atoms. The number of aryl methyl sites for hydroxylation is 3. The van der Waals surface area contributed by atoms with Crippen LogP contribution >= 0.6 is 23.4 Å². The van der Waals surface area contributed by atoms with Crippen molar-refractivity contribution in [2.75, 3.05) is 11.1 Å². The van der Waals surface area contributed by atoms with Crippen LogP contribution in [0.4, 0.5) is 5.69 Å². The summed E-state index contributed by atoms with van der Waals surface area (Å²) in [5.41, 5.74) is 4.25. The molecule has 6 nitrogen and oxygen atoms in total. The van der Waals surface area contributed by atoms with Gasteiger partial charge in [-0.25, -0.2) is 0 Å². The van der Waals surface area contributed by atoms with E-state index in [1.807, 2.05) is 29.7 Å². The molecule has 8 heteroatoms. The highest BCUT2D eigenvalue weighted by Gasteiger charge is 2.16. The van der Waals surface area contributed by atoms with E-state index in [-0.39, 0.29) is 18.3 Å². The Morgan fingerprint density at radius 1 is 1.21 bits per heavy atom. The topological polar surface area (TPSA) is 69.0 Å². The second-order valence-corrected chi connectivity index (χ2v) is 8.87. The van der Waals surface area contributed by atoms with Gasteiger partial charge in [-0.05, 0) is 48.6 Å². The highest BCUT2D eigenvalue weighted by atomic mass is 35.5. The van der Waals surface area contributed by atoms with Crippen molar-refractivity contribution in [3.63, 3.8) is 0 Å². The normalized spacial score (nSPS) is 10.8. The molecule has 0 aliphatic heterocycles. The SMILES string of the molecule is C=CCn1c(COc2cc(C)ccc2Cl)nnc1SCC(=O)Nc1c(CC)cccc1CC. The van der Waals surface area contributed by atoms with Crippen LogP contribution in [0, 0.1) is 6.92 Å². The lowest BCUT2D eigenvalue weighted by Crippen LogP contribution is -2.17. The number of carbonyl (C=O) groups excluding carboxylic acids is 1. The fourth-order valence-corrected chi connectivity index (χ4v) is 4.36. The number of anilines is 1. The van der Waals surface area contributed by atoms with Crippen LogP contribution in [0.1, 0.15) is 36.4 Å². The molecule has 0 radical (unpaired) electrons. The van der Waals surface area contributed by atoms with Crippen molar-refractivity contribution in [3.8, 4) is 5.75 Å². The van der Waals surface area contributed by atoms with E-state index >= 15 is 0 Å². The molecule has 0 atom stereocenters. The Morgan fingerprint density at radius 3 is 2.61 bits per heavy atom. The van der Waals surface area contributed by atoms with Crippen LogP contribution in [-0.2, 0) is 30.8 Å². The summed E-state index contributed by atoms with van der Waals surface area (Å²) in [6.07, 6.45) is 3.48. The van der Waals surface area contributed by atoms with Crippen LogP contribution < -0.4 is 10.1 Å². The quantitative estimate of drug-likeness (QED) is 0.272. The monoisotopic (exact) mass is 484 g/mol. The van der Waals surface area contributed by atoms with Gasteiger partial charge in [0.15, 0.2) is 11.0 Å². The second-order valence-electron chi connectivity index (χ2n) is 7.52. The maximum Gasteiger partial charge on any atom is 0.234 e.